The zero-order chi connectivity index (χ0) is 20.3. The first-order chi connectivity index (χ1) is 13.4. The van der Waals surface area contributed by atoms with Crippen molar-refractivity contribution < 1.29 is 14.3 Å². The minimum absolute atomic E-state index is 0.217. The van der Waals surface area contributed by atoms with Gasteiger partial charge in [0.2, 0.25) is 0 Å². The van der Waals surface area contributed by atoms with E-state index in [9.17, 15) is 9.59 Å². The number of thioether (sulfide) groups is 1. The van der Waals surface area contributed by atoms with E-state index >= 15 is 0 Å². The molecule has 2 aromatic carbocycles. The number of amides is 2. The number of halogens is 3. The fraction of sp³-hybridized carbons (Fsp3) is 0.100. The third kappa shape index (κ3) is 5.11. The molecule has 1 saturated heterocycles. The fourth-order valence-electron chi connectivity index (χ4n) is 2.47. The molecule has 0 aliphatic carbocycles. The second-order valence-corrected chi connectivity index (χ2v) is 9.56. The first-order valence-corrected chi connectivity index (χ1v) is 11.5. The highest BCUT2D eigenvalue weighted by molar-refractivity contribution is 14.1. The van der Waals surface area contributed by atoms with Crippen LogP contribution in [0, 0.1) is 7.14 Å². The van der Waals surface area contributed by atoms with Crippen molar-refractivity contribution in [1.82, 2.24) is 4.90 Å². The molecule has 144 valence electrons. The highest BCUT2D eigenvalue weighted by Gasteiger charge is 2.34. The van der Waals surface area contributed by atoms with Crippen LogP contribution in [0.1, 0.15) is 11.1 Å². The molecule has 0 aromatic heterocycles. The summed E-state index contributed by atoms with van der Waals surface area (Å²) >= 11 is 11.3. The first kappa shape index (κ1) is 21.7. The lowest BCUT2D eigenvalue weighted by Gasteiger charge is -2.12. The summed E-state index contributed by atoms with van der Waals surface area (Å²) in [5.74, 6) is 0.496. The summed E-state index contributed by atoms with van der Waals surface area (Å²) < 4.78 is 7.83. The molecule has 0 bridgehead atoms. The molecule has 1 fully saturated rings. The molecule has 28 heavy (non-hydrogen) atoms. The molecule has 8 heteroatoms. The van der Waals surface area contributed by atoms with Crippen molar-refractivity contribution in [2.24, 2.45) is 0 Å². The number of carbonyl (C=O) groups excluding carboxylic acids is 2. The van der Waals surface area contributed by atoms with Crippen LogP contribution in [0.3, 0.4) is 0 Å². The molecular weight excluding hydrogens is 624 g/mol. The van der Waals surface area contributed by atoms with E-state index in [0.29, 0.717) is 16.5 Å². The number of benzene rings is 2. The van der Waals surface area contributed by atoms with Gasteiger partial charge in [-0.3, -0.25) is 14.5 Å². The van der Waals surface area contributed by atoms with Crippen LogP contribution >= 0.6 is 68.5 Å². The summed E-state index contributed by atoms with van der Waals surface area (Å²) in [6.45, 7) is 4.23. The summed E-state index contributed by atoms with van der Waals surface area (Å²) in [5.41, 5.74) is 1.87. The maximum Gasteiger partial charge on any atom is 0.293 e. The Bertz CT molecular complexity index is 953. The Hall–Kier alpha value is -1.04. The minimum atomic E-state index is -0.289. The molecule has 0 N–H and O–H groups in total. The molecule has 0 atom stereocenters. The molecule has 3 rings (SSSR count). The van der Waals surface area contributed by atoms with E-state index in [-0.39, 0.29) is 17.7 Å². The van der Waals surface area contributed by atoms with E-state index in [0.717, 1.165) is 35.8 Å². The molecule has 0 unspecified atom stereocenters. The number of nitrogens with zero attached hydrogens (tertiary/aromatic N) is 1. The topological polar surface area (TPSA) is 46.6 Å². The molecule has 2 amide bonds. The predicted molar refractivity (Wildman–Crippen MR) is 131 cm³/mol. The molecule has 1 heterocycles. The van der Waals surface area contributed by atoms with Gasteiger partial charge in [-0.2, -0.15) is 0 Å². The standard InChI is InChI=1S/C20H14ClI2NO3S/c1-2-7-24-19(25)17(28-20(24)26)10-13-8-15(22)18(16(23)9-13)27-11-12-3-5-14(21)6-4-12/h2-6,8-10H,1,7,11H2/b17-10+. The Morgan fingerprint density at radius 3 is 2.39 bits per heavy atom. The number of rotatable bonds is 6. The van der Waals surface area contributed by atoms with Gasteiger partial charge in [-0.25, -0.2) is 0 Å². The SMILES string of the molecule is C=CCN1C(=O)S/C(=C/c2cc(I)c(OCc3ccc(Cl)cc3)c(I)c2)C1=O. The van der Waals surface area contributed by atoms with Gasteiger partial charge >= 0.3 is 0 Å². The highest BCUT2D eigenvalue weighted by atomic mass is 127. The Morgan fingerprint density at radius 1 is 1.14 bits per heavy atom. The van der Waals surface area contributed by atoms with Gasteiger partial charge in [0, 0.05) is 11.6 Å². The molecule has 1 aliphatic heterocycles. The lowest BCUT2D eigenvalue weighted by atomic mass is 10.2. The summed E-state index contributed by atoms with van der Waals surface area (Å²) in [5, 5.41) is 0.415. The maximum absolute atomic E-state index is 12.4. The molecule has 0 saturated carbocycles. The van der Waals surface area contributed by atoms with Gasteiger partial charge in [0.15, 0.2) is 0 Å². The zero-order valence-corrected chi connectivity index (χ0v) is 20.3. The van der Waals surface area contributed by atoms with Crippen LogP contribution in [0.5, 0.6) is 5.75 Å². The van der Waals surface area contributed by atoms with Crippen molar-refractivity contribution in [3.05, 3.63) is 77.2 Å². The Morgan fingerprint density at radius 2 is 1.79 bits per heavy atom. The maximum atomic E-state index is 12.4. The van der Waals surface area contributed by atoms with Crippen molar-refractivity contribution >= 4 is 85.8 Å². The number of hydrogen-bond donors (Lipinski definition) is 0. The van der Waals surface area contributed by atoms with Crippen molar-refractivity contribution in [3.8, 4) is 5.75 Å². The van der Waals surface area contributed by atoms with Crippen molar-refractivity contribution in [2.75, 3.05) is 6.54 Å². The number of imide groups is 1. The molecule has 0 spiro atoms. The number of carbonyl (C=O) groups is 2. The number of ether oxygens (including phenoxy) is 1. The number of hydrogen-bond acceptors (Lipinski definition) is 4. The molecule has 0 radical (unpaired) electrons. The monoisotopic (exact) mass is 637 g/mol. The lowest BCUT2D eigenvalue weighted by Crippen LogP contribution is -2.27. The molecule has 2 aromatic rings. The first-order valence-electron chi connectivity index (χ1n) is 8.11. The van der Waals surface area contributed by atoms with E-state index < -0.39 is 0 Å². The Labute approximate surface area is 199 Å². The zero-order valence-electron chi connectivity index (χ0n) is 14.5. The largest absolute Gasteiger partial charge is 0.487 e. The van der Waals surface area contributed by atoms with E-state index in [1.165, 1.54) is 11.0 Å². The van der Waals surface area contributed by atoms with Crippen LogP contribution < -0.4 is 4.74 Å². The van der Waals surface area contributed by atoms with E-state index in [1.807, 2.05) is 36.4 Å². The highest BCUT2D eigenvalue weighted by Crippen LogP contribution is 2.35. The molecule has 4 nitrogen and oxygen atoms in total. The molecule has 1 aliphatic rings. The minimum Gasteiger partial charge on any atom is -0.487 e. The van der Waals surface area contributed by atoms with Gasteiger partial charge in [-0.15, -0.1) is 6.58 Å². The van der Waals surface area contributed by atoms with Crippen molar-refractivity contribution in [3.63, 3.8) is 0 Å². The van der Waals surface area contributed by atoms with Crippen LogP contribution in [0.4, 0.5) is 4.79 Å². The van der Waals surface area contributed by atoms with Gasteiger partial charge in [-0.1, -0.05) is 29.8 Å². The normalized spacial score (nSPS) is 15.4. The summed E-state index contributed by atoms with van der Waals surface area (Å²) in [6.07, 6.45) is 3.28. The second kappa shape index (κ2) is 9.64. The average molecular weight is 638 g/mol. The van der Waals surface area contributed by atoms with Gasteiger partial charge in [0.25, 0.3) is 11.1 Å². The fourth-order valence-corrected chi connectivity index (χ4v) is 5.58. The van der Waals surface area contributed by atoms with Gasteiger partial charge in [0.1, 0.15) is 12.4 Å². The van der Waals surface area contributed by atoms with E-state index in [4.69, 9.17) is 16.3 Å². The van der Waals surface area contributed by atoms with Gasteiger partial charge in [0.05, 0.1) is 12.0 Å². The Balaban J connectivity index is 1.78. The second-order valence-electron chi connectivity index (χ2n) is 5.81. The van der Waals surface area contributed by atoms with E-state index in [1.54, 1.807) is 6.08 Å². The average Bonchev–Trinajstić information content (AvgIpc) is 2.90. The lowest BCUT2D eigenvalue weighted by molar-refractivity contribution is -0.122. The smallest absolute Gasteiger partial charge is 0.293 e. The van der Waals surface area contributed by atoms with Crippen LogP contribution in [0.15, 0.2) is 54.0 Å². The third-order valence-corrected chi connectivity index (χ3v) is 6.56. The van der Waals surface area contributed by atoms with Crippen LogP contribution in [-0.4, -0.2) is 22.6 Å². The van der Waals surface area contributed by atoms with Crippen LogP contribution in [0.2, 0.25) is 5.02 Å². The predicted octanol–water partition coefficient (Wildman–Crippen LogP) is 6.35. The summed E-state index contributed by atoms with van der Waals surface area (Å²) in [7, 11) is 0. The molecular formula is C20H14ClI2NO3S. The van der Waals surface area contributed by atoms with Crippen molar-refractivity contribution in [1.29, 1.82) is 0 Å². The van der Waals surface area contributed by atoms with Crippen molar-refractivity contribution in [2.45, 2.75) is 6.61 Å². The van der Waals surface area contributed by atoms with Crippen LogP contribution in [0.25, 0.3) is 6.08 Å². The third-order valence-electron chi connectivity index (χ3n) is 3.80. The summed E-state index contributed by atoms with van der Waals surface area (Å²) in [4.78, 5) is 25.9. The van der Waals surface area contributed by atoms with Gasteiger partial charge < -0.3 is 4.74 Å². The summed E-state index contributed by atoms with van der Waals surface area (Å²) in [6, 6.07) is 11.4. The van der Waals surface area contributed by atoms with Gasteiger partial charge in [-0.05, 0) is 98.4 Å². The van der Waals surface area contributed by atoms with E-state index in [2.05, 4.69) is 51.8 Å². The quantitative estimate of drug-likeness (QED) is 0.211. The van der Waals surface area contributed by atoms with Crippen LogP contribution in [-0.2, 0) is 11.4 Å². The Kier molecular flexibility index (Phi) is 7.46.